The fourth-order valence-electron chi connectivity index (χ4n) is 3.39. The molecule has 0 fully saturated rings. The van der Waals surface area contributed by atoms with Crippen LogP contribution in [0.2, 0.25) is 0 Å². The monoisotopic (exact) mass is 372 g/mol. The lowest BCUT2D eigenvalue weighted by atomic mass is 9.83. The molecule has 1 aromatic carbocycles. The predicted molar refractivity (Wildman–Crippen MR) is 100 cm³/mol. The summed E-state index contributed by atoms with van der Waals surface area (Å²) in [7, 11) is 4.04. The van der Waals surface area contributed by atoms with Crippen molar-refractivity contribution in [1.29, 1.82) is 0 Å². The molecule has 0 N–H and O–H groups in total. The Morgan fingerprint density at radius 2 is 1.41 bits per heavy atom. The summed E-state index contributed by atoms with van der Waals surface area (Å²) >= 11 is 0. The van der Waals surface area contributed by atoms with Crippen LogP contribution in [0.15, 0.2) is 41.0 Å². The smallest absolute Gasteiger partial charge is 0.323 e. The van der Waals surface area contributed by atoms with Gasteiger partial charge in [-0.3, -0.25) is 14.4 Å². The number of benzene rings is 1. The van der Waals surface area contributed by atoms with Crippen molar-refractivity contribution in [2.24, 2.45) is 5.41 Å². The molecule has 0 amide bonds. The third-order valence-electron chi connectivity index (χ3n) is 4.87. The molecule has 144 valence electrons. The van der Waals surface area contributed by atoms with Crippen LogP contribution in [0.3, 0.4) is 0 Å². The first-order chi connectivity index (χ1) is 12.8. The van der Waals surface area contributed by atoms with Gasteiger partial charge in [0.1, 0.15) is 5.75 Å². The van der Waals surface area contributed by atoms with Crippen LogP contribution >= 0.6 is 0 Å². The van der Waals surface area contributed by atoms with Crippen molar-refractivity contribution in [1.82, 2.24) is 0 Å². The molecular weight excluding hydrogens is 348 g/mol. The van der Waals surface area contributed by atoms with Crippen molar-refractivity contribution in [3.63, 3.8) is 0 Å². The number of hydrogen-bond donors (Lipinski definition) is 0. The Morgan fingerprint density at radius 3 is 1.85 bits per heavy atom. The van der Waals surface area contributed by atoms with Gasteiger partial charge in [-0.25, -0.2) is 0 Å². The molecule has 2 rings (SSSR count). The minimum absolute atomic E-state index is 0.0230. The average molecular weight is 372 g/mol. The fraction of sp³-hybridized carbons (Fsp3) is 0.381. The van der Waals surface area contributed by atoms with E-state index in [9.17, 15) is 14.4 Å². The lowest BCUT2D eigenvalue weighted by Crippen LogP contribution is -2.39. The van der Waals surface area contributed by atoms with E-state index < -0.39 is 17.4 Å². The lowest BCUT2D eigenvalue weighted by molar-refractivity contribution is -0.168. The maximum absolute atomic E-state index is 12.4. The Labute approximate surface area is 158 Å². The molecule has 0 heterocycles. The standard InChI is InChI=1S/C21H24O6/c1-13(10-15-6-8-16(25-3)9-7-15)17-11-21(19(23)26-4,20(24)27-5)12-18(17)14(2)22/h6-10H,11-12H2,1-5H3/b13-10+. The van der Waals surface area contributed by atoms with Crippen LogP contribution in [0.5, 0.6) is 5.75 Å². The van der Waals surface area contributed by atoms with Crippen LogP contribution < -0.4 is 4.74 Å². The Balaban J connectivity index is 2.46. The van der Waals surface area contributed by atoms with Gasteiger partial charge in [0.05, 0.1) is 21.3 Å². The van der Waals surface area contributed by atoms with E-state index >= 15 is 0 Å². The summed E-state index contributed by atoms with van der Waals surface area (Å²) in [6, 6.07) is 7.45. The number of carbonyl (C=O) groups is 3. The number of carbonyl (C=O) groups excluding carboxylic acids is 3. The van der Waals surface area contributed by atoms with Crippen molar-refractivity contribution in [2.45, 2.75) is 26.7 Å². The summed E-state index contributed by atoms with van der Waals surface area (Å²) in [5, 5.41) is 0. The van der Waals surface area contributed by atoms with E-state index in [4.69, 9.17) is 14.2 Å². The first-order valence-corrected chi connectivity index (χ1v) is 8.51. The summed E-state index contributed by atoms with van der Waals surface area (Å²) in [5.74, 6) is -0.826. The van der Waals surface area contributed by atoms with Crippen molar-refractivity contribution >= 4 is 23.8 Å². The molecule has 0 bridgehead atoms. The first kappa shape index (κ1) is 20.4. The maximum Gasteiger partial charge on any atom is 0.323 e. The minimum Gasteiger partial charge on any atom is -0.497 e. The third-order valence-corrected chi connectivity index (χ3v) is 4.87. The van der Waals surface area contributed by atoms with Gasteiger partial charge in [-0.05, 0) is 42.7 Å². The number of rotatable bonds is 6. The third kappa shape index (κ3) is 3.94. The van der Waals surface area contributed by atoms with Crippen LogP contribution in [-0.2, 0) is 23.9 Å². The molecule has 6 heteroatoms. The van der Waals surface area contributed by atoms with Crippen LogP contribution in [0.25, 0.3) is 6.08 Å². The second-order valence-corrected chi connectivity index (χ2v) is 6.53. The van der Waals surface area contributed by atoms with Gasteiger partial charge in [-0.2, -0.15) is 0 Å². The number of ketones is 1. The van der Waals surface area contributed by atoms with Crippen LogP contribution in [0, 0.1) is 5.41 Å². The summed E-state index contributed by atoms with van der Waals surface area (Å²) < 4.78 is 14.8. The topological polar surface area (TPSA) is 78.9 Å². The normalized spacial score (nSPS) is 16.1. The Hall–Kier alpha value is -2.89. The van der Waals surface area contributed by atoms with Gasteiger partial charge in [0.15, 0.2) is 11.2 Å². The number of ether oxygens (including phenoxy) is 3. The molecule has 0 saturated heterocycles. The zero-order chi connectivity index (χ0) is 20.2. The molecule has 6 nitrogen and oxygen atoms in total. The molecular formula is C21H24O6. The van der Waals surface area contributed by atoms with Crippen LogP contribution in [0.1, 0.15) is 32.3 Å². The van der Waals surface area contributed by atoms with E-state index in [1.165, 1.54) is 21.1 Å². The quantitative estimate of drug-likeness (QED) is 0.564. The number of esters is 2. The molecule has 0 aromatic heterocycles. The molecule has 1 aromatic rings. The molecule has 1 aliphatic rings. The molecule has 27 heavy (non-hydrogen) atoms. The van der Waals surface area contributed by atoms with Gasteiger partial charge in [-0.15, -0.1) is 0 Å². The van der Waals surface area contributed by atoms with E-state index in [-0.39, 0.29) is 18.6 Å². The first-order valence-electron chi connectivity index (χ1n) is 8.51. The summed E-state index contributed by atoms with van der Waals surface area (Å²) in [6.45, 7) is 3.29. The second-order valence-electron chi connectivity index (χ2n) is 6.53. The van der Waals surface area contributed by atoms with Gasteiger partial charge in [0.25, 0.3) is 0 Å². The Kier molecular flexibility index (Phi) is 6.20. The van der Waals surface area contributed by atoms with Gasteiger partial charge in [0.2, 0.25) is 0 Å². The molecule has 0 unspecified atom stereocenters. The highest BCUT2D eigenvalue weighted by molar-refractivity contribution is 6.06. The van der Waals surface area contributed by atoms with E-state index in [0.717, 1.165) is 16.9 Å². The number of methoxy groups -OCH3 is 3. The molecule has 1 aliphatic carbocycles. The highest BCUT2D eigenvalue weighted by atomic mass is 16.5. The van der Waals surface area contributed by atoms with Gasteiger partial charge < -0.3 is 14.2 Å². The van der Waals surface area contributed by atoms with Crippen LogP contribution in [-0.4, -0.2) is 39.1 Å². The molecule has 0 atom stereocenters. The molecule has 0 aliphatic heterocycles. The second kappa shape index (κ2) is 8.20. The fourth-order valence-corrected chi connectivity index (χ4v) is 3.39. The highest BCUT2D eigenvalue weighted by Crippen LogP contribution is 2.47. The van der Waals surface area contributed by atoms with E-state index in [0.29, 0.717) is 11.1 Å². The van der Waals surface area contributed by atoms with E-state index in [1.807, 2.05) is 37.3 Å². The maximum atomic E-state index is 12.4. The SMILES string of the molecule is COC(=O)C1(C(=O)OC)CC(C(C)=O)=C(/C(C)=C/c2ccc(OC)cc2)C1. The Bertz CT molecular complexity index is 798. The zero-order valence-electron chi connectivity index (χ0n) is 16.3. The van der Waals surface area contributed by atoms with Crippen molar-refractivity contribution < 1.29 is 28.6 Å². The van der Waals surface area contributed by atoms with Crippen molar-refractivity contribution in [2.75, 3.05) is 21.3 Å². The summed E-state index contributed by atoms with van der Waals surface area (Å²) in [4.78, 5) is 37.0. The number of allylic oxidation sites excluding steroid dienone is 3. The van der Waals surface area contributed by atoms with Gasteiger partial charge in [-0.1, -0.05) is 18.2 Å². The molecule has 0 saturated carbocycles. The number of Topliss-reactive ketones (excluding diaryl/α,β-unsaturated/α-hetero) is 1. The van der Waals surface area contributed by atoms with Crippen molar-refractivity contribution in [3.8, 4) is 5.75 Å². The van der Waals surface area contributed by atoms with Crippen molar-refractivity contribution in [3.05, 3.63) is 46.5 Å². The zero-order valence-corrected chi connectivity index (χ0v) is 16.3. The largest absolute Gasteiger partial charge is 0.497 e. The minimum atomic E-state index is -1.52. The lowest BCUT2D eigenvalue weighted by Gasteiger charge is -2.23. The average Bonchev–Trinajstić information content (AvgIpc) is 3.10. The van der Waals surface area contributed by atoms with Gasteiger partial charge in [0, 0.05) is 18.4 Å². The number of hydrogen-bond acceptors (Lipinski definition) is 6. The summed E-state index contributed by atoms with van der Waals surface area (Å²) in [6.07, 6.45) is 1.95. The van der Waals surface area contributed by atoms with Gasteiger partial charge >= 0.3 is 11.9 Å². The predicted octanol–water partition coefficient (Wildman–Crippen LogP) is 3.11. The highest BCUT2D eigenvalue weighted by Gasteiger charge is 2.54. The van der Waals surface area contributed by atoms with E-state index in [2.05, 4.69) is 0 Å². The van der Waals surface area contributed by atoms with Crippen LogP contribution in [0.4, 0.5) is 0 Å². The van der Waals surface area contributed by atoms with E-state index in [1.54, 1.807) is 7.11 Å². The molecule has 0 radical (unpaired) electrons. The molecule has 0 spiro atoms. The summed E-state index contributed by atoms with van der Waals surface area (Å²) in [5.41, 5.74) is 1.33. The Morgan fingerprint density at radius 1 is 0.889 bits per heavy atom.